The molecule has 5 nitrogen and oxygen atoms in total. The highest BCUT2D eigenvalue weighted by atomic mass is 32.2. The topological polar surface area (TPSA) is 61.8 Å². The first-order valence-electron chi connectivity index (χ1n) is 5.89. The van der Waals surface area contributed by atoms with Crippen molar-refractivity contribution in [2.24, 2.45) is 5.10 Å². The minimum Gasteiger partial charge on any atom is -0.306 e. The predicted octanol–water partition coefficient (Wildman–Crippen LogP) is 1.05. The summed E-state index contributed by atoms with van der Waals surface area (Å²) in [6.07, 6.45) is 1.63. The van der Waals surface area contributed by atoms with Crippen LogP contribution in [0.2, 0.25) is 0 Å². The molecule has 1 aromatic rings. The van der Waals surface area contributed by atoms with Gasteiger partial charge in [0, 0.05) is 31.6 Å². The number of sulfonamides is 1. The van der Waals surface area contributed by atoms with Gasteiger partial charge in [-0.25, -0.2) is 4.83 Å². The predicted molar refractivity (Wildman–Crippen MR) is 70.9 cm³/mol. The van der Waals surface area contributed by atoms with Crippen LogP contribution in [-0.4, -0.2) is 39.2 Å². The van der Waals surface area contributed by atoms with Crippen molar-refractivity contribution >= 4 is 15.7 Å². The third kappa shape index (κ3) is 3.30. The van der Waals surface area contributed by atoms with Gasteiger partial charge in [-0.1, -0.05) is 18.2 Å². The maximum Gasteiger partial charge on any atom is 0.276 e. The molecular formula is C12H17N3O2S. The number of rotatable bonds is 3. The van der Waals surface area contributed by atoms with Crippen LogP contribution in [0.1, 0.15) is 12.8 Å². The smallest absolute Gasteiger partial charge is 0.276 e. The molecule has 0 spiro atoms. The number of hydrogen-bond donors (Lipinski definition) is 1. The second-order valence-electron chi connectivity index (χ2n) is 4.39. The van der Waals surface area contributed by atoms with Crippen molar-refractivity contribution in [3.63, 3.8) is 0 Å². The third-order valence-electron chi connectivity index (χ3n) is 2.94. The van der Waals surface area contributed by atoms with Crippen LogP contribution >= 0.6 is 0 Å². The van der Waals surface area contributed by atoms with Gasteiger partial charge in [-0.05, 0) is 19.2 Å². The second-order valence-corrected chi connectivity index (χ2v) is 6.05. The Morgan fingerprint density at radius 3 is 2.39 bits per heavy atom. The standard InChI is InChI=1S/C12H17N3O2S/c1-15-9-7-11(8-10-15)13-14-18(16,17)12-5-3-2-4-6-12/h2-6,14H,7-10H2,1H3. The molecular weight excluding hydrogens is 250 g/mol. The van der Waals surface area contributed by atoms with Gasteiger partial charge in [0.25, 0.3) is 10.0 Å². The first kappa shape index (κ1) is 13.0. The van der Waals surface area contributed by atoms with E-state index in [1.165, 1.54) is 0 Å². The molecule has 0 saturated carbocycles. The van der Waals surface area contributed by atoms with E-state index in [1.54, 1.807) is 30.3 Å². The molecule has 1 N–H and O–H groups in total. The average Bonchev–Trinajstić information content (AvgIpc) is 2.39. The summed E-state index contributed by atoms with van der Waals surface area (Å²) in [6.45, 7) is 1.85. The highest BCUT2D eigenvalue weighted by molar-refractivity contribution is 7.89. The lowest BCUT2D eigenvalue weighted by Crippen LogP contribution is -2.32. The first-order chi connectivity index (χ1) is 8.58. The van der Waals surface area contributed by atoms with Gasteiger partial charge < -0.3 is 4.90 Å². The minimum absolute atomic E-state index is 0.238. The van der Waals surface area contributed by atoms with E-state index in [0.29, 0.717) is 0 Å². The Labute approximate surface area is 108 Å². The van der Waals surface area contributed by atoms with Gasteiger partial charge in [0.2, 0.25) is 0 Å². The largest absolute Gasteiger partial charge is 0.306 e. The monoisotopic (exact) mass is 267 g/mol. The van der Waals surface area contributed by atoms with Gasteiger partial charge in [-0.2, -0.15) is 13.5 Å². The van der Waals surface area contributed by atoms with Crippen molar-refractivity contribution in [1.82, 2.24) is 9.73 Å². The molecule has 98 valence electrons. The number of hydrazone groups is 1. The zero-order valence-corrected chi connectivity index (χ0v) is 11.2. The normalized spacial score (nSPS) is 17.5. The van der Waals surface area contributed by atoms with Crippen LogP contribution in [0.25, 0.3) is 0 Å². The van der Waals surface area contributed by atoms with Crippen molar-refractivity contribution in [3.8, 4) is 0 Å². The Bertz CT molecular complexity index is 516. The van der Waals surface area contributed by atoms with E-state index in [1.807, 2.05) is 7.05 Å². The molecule has 18 heavy (non-hydrogen) atoms. The summed E-state index contributed by atoms with van der Waals surface area (Å²) in [6, 6.07) is 8.27. The Morgan fingerprint density at radius 1 is 1.17 bits per heavy atom. The number of hydrogen-bond acceptors (Lipinski definition) is 4. The quantitative estimate of drug-likeness (QED) is 0.833. The molecule has 0 radical (unpaired) electrons. The summed E-state index contributed by atoms with van der Waals surface area (Å²) in [5, 5.41) is 4.02. The van der Waals surface area contributed by atoms with E-state index in [-0.39, 0.29) is 4.90 Å². The summed E-state index contributed by atoms with van der Waals surface area (Å²) >= 11 is 0. The van der Waals surface area contributed by atoms with E-state index >= 15 is 0 Å². The lowest BCUT2D eigenvalue weighted by atomic mass is 10.1. The first-order valence-corrected chi connectivity index (χ1v) is 7.37. The summed E-state index contributed by atoms with van der Waals surface area (Å²) in [5.74, 6) is 0. The molecule has 1 aliphatic rings. The van der Waals surface area contributed by atoms with E-state index in [0.717, 1.165) is 31.6 Å². The molecule has 0 unspecified atom stereocenters. The lowest BCUT2D eigenvalue weighted by molar-refractivity contribution is 0.335. The molecule has 1 heterocycles. The van der Waals surface area contributed by atoms with E-state index in [9.17, 15) is 8.42 Å². The Morgan fingerprint density at radius 2 is 1.78 bits per heavy atom. The van der Waals surface area contributed by atoms with Gasteiger partial charge in [0.05, 0.1) is 4.90 Å². The molecule has 0 atom stereocenters. The second kappa shape index (κ2) is 5.49. The maximum absolute atomic E-state index is 11.9. The molecule has 0 bridgehead atoms. The van der Waals surface area contributed by atoms with Gasteiger partial charge in [-0.3, -0.25) is 0 Å². The Hall–Kier alpha value is -1.40. The van der Waals surface area contributed by atoms with Crippen molar-refractivity contribution in [1.29, 1.82) is 0 Å². The molecule has 2 rings (SSSR count). The highest BCUT2D eigenvalue weighted by Gasteiger charge is 2.14. The average molecular weight is 267 g/mol. The third-order valence-corrected chi connectivity index (χ3v) is 4.17. The van der Waals surface area contributed by atoms with Crippen LogP contribution in [0.5, 0.6) is 0 Å². The number of likely N-dealkylation sites (tertiary alicyclic amines) is 1. The van der Waals surface area contributed by atoms with E-state index in [4.69, 9.17) is 0 Å². The van der Waals surface area contributed by atoms with Crippen LogP contribution in [0, 0.1) is 0 Å². The number of piperidine rings is 1. The molecule has 1 saturated heterocycles. The Balaban J connectivity index is 2.04. The summed E-state index contributed by atoms with van der Waals surface area (Å²) in [5.41, 5.74) is 0.910. The lowest BCUT2D eigenvalue weighted by Gasteiger charge is -2.22. The molecule has 0 aromatic heterocycles. The van der Waals surface area contributed by atoms with Crippen molar-refractivity contribution in [2.75, 3.05) is 20.1 Å². The minimum atomic E-state index is -3.52. The zero-order valence-electron chi connectivity index (χ0n) is 10.3. The van der Waals surface area contributed by atoms with E-state index in [2.05, 4.69) is 14.8 Å². The molecule has 1 fully saturated rings. The van der Waals surface area contributed by atoms with Crippen LogP contribution in [0.15, 0.2) is 40.3 Å². The summed E-state index contributed by atoms with van der Waals surface area (Å²) in [4.78, 5) is 4.74. The van der Waals surface area contributed by atoms with Crippen molar-refractivity contribution < 1.29 is 8.42 Å². The fraction of sp³-hybridized carbons (Fsp3) is 0.417. The molecule has 0 aliphatic carbocycles. The summed E-state index contributed by atoms with van der Waals surface area (Å²) < 4.78 is 23.8. The maximum atomic E-state index is 11.9. The number of nitrogens with zero attached hydrogens (tertiary/aromatic N) is 2. The van der Waals surface area contributed by atoms with Crippen LogP contribution in [0.4, 0.5) is 0 Å². The zero-order chi connectivity index (χ0) is 13.0. The van der Waals surface area contributed by atoms with Crippen LogP contribution < -0.4 is 4.83 Å². The highest BCUT2D eigenvalue weighted by Crippen LogP contribution is 2.08. The van der Waals surface area contributed by atoms with Gasteiger partial charge in [-0.15, -0.1) is 0 Å². The SMILES string of the molecule is CN1CCC(=NNS(=O)(=O)c2ccccc2)CC1. The molecule has 1 aliphatic heterocycles. The van der Waals surface area contributed by atoms with Gasteiger partial charge in [0.1, 0.15) is 0 Å². The van der Waals surface area contributed by atoms with Crippen LogP contribution in [-0.2, 0) is 10.0 Å². The fourth-order valence-corrected chi connectivity index (χ4v) is 2.64. The molecule has 6 heteroatoms. The Kier molecular flexibility index (Phi) is 3.98. The van der Waals surface area contributed by atoms with Crippen molar-refractivity contribution in [2.45, 2.75) is 17.7 Å². The summed E-state index contributed by atoms with van der Waals surface area (Å²) in [7, 11) is -1.48. The molecule has 0 amide bonds. The fourth-order valence-electron chi connectivity index (χ4n) is 1.77. The van der Waals surface area contributed by atoms with Gasteiger partial charge >= 0.3 is 0 Å². The van der Waals surface area contributed by atoms with Crippen molar-refractivity contribution in [3.05, 3.63) is 30.3 Å². The number of benzene rings is 1. The van der Waals surface area contributed by atoms with E-state index < -0.39 is 10.0 Å². The molecule has 1 aromatic carbocycles. The van der Waals surface area contributed by atoms with Gasteiger partial charge in [0.15, 0.2) is 0 Å². The van der Waals surface area contributed by atoms with Crippen LogP contribution in [0.3, 0.4) is 0 Å². The number of nitrogens with one attached hydrogen (secondary N) is 1.